The molecule has 0 aromatic carbocycles. The summed E-state index contributed by atoms with van der Waals surface area (Å²) in [6, 6.07) is 0. The molecule has 5 nitrogen and oxygen atoms in total. The van der Waals surface area contributed by atoms with Gasteiger partial charge in [0.15, 0.2) is 0 Å². The summed E-state index contributed by atoms with van der Waals surface area (Å²) >= 11 is 0. The van der Waals surface area contributed by atoms with Crippen molar-refractivity contribution in [1.29, 1.82) is 0 Å². The van der Waals surface area contributed by atoms with Gasteiger partial charge in [0.05, 0.1) is 11.8 Å². The number of likely N-dealkylation sites (tertiary alicyclic amines) is 2. The summed E-state index contributed by atoms with van der Waals surface area (Å²) in [6.07, 6.45) is 3.10. The van der Waals surface area contributed by atoms with E-state index in [1.54, 1.807) is 0 Å². The molecule has 0 radical (unpaired) electrons. The lowest BCUT2D eigenvalue weighted by atomic mass is 9.71. The summed E-state index contributed by atoms with van der Waals surface area (Å²) in [4.78, 5) is 4.92. The molecule has 1 aromatic rings. The first-order chi connectivity index (χ1) is 10.4. The van der Waals surface area contributed by atoms with Crippen LogP contribution < -0.4 is 0 Å². The van der Waals surface area contributed by atoms with Crippen LogP contribution in [0.5, 0.6) is 0 Å². The molecule has 0 saturated carbocycles. The number of aliphatic hydroxyl groups excluding tert-OH is 1. The van der Waals surface area contributed by atoms with Crippen molar-refractivity contribution in [2.75, 3.05) is 33.2 Å². The molecular formula is C17H30N4O. The topological polar surface area (TPSA) is 44.5 Å². The first-order valence-corrected chi connectivity index (χ1v) is 8.49. The summed E-state index contributed by atoms with van der Waals surface area (Å²) < 4.78 is 1.98. The fourth-order valence-corrected chi connectivity index (χ4v) is 4.43. The van der Waals surface area contributed by atoms with E-state index in [0.29, 0.717) is 0 Å². The minimum absolute atomic E-state index is 0.0648. The Labute approximate surface area is 133 Å². The van der Waals surface area contributed by atoms with Crippen molar-refractivity contribution in [3.63, 3.8) is 0 Å². The van der Waals surface area contributed by atoms with E-state index in [-0.39, 0.29) is 11.5 Å². The van der Waals surface area contributed by atoms with Gasteiger partial charge in [-0.2, -0.15) is 5.10 Å². The van der Waals surface area contributed by atoms with Gasteiger partial charge in [-0.05, 0) is 46.7 Å². The van der Waals surface area contributed by atoms with Gasteiger partial charge in [-0.25, -0.2) is 0 Å². The van der Waals surface area contributed by atoms with E-state index < -0.39 is 0 Å². The highest BCUT2D eigenvalue weighted by atomic mass is 16.3. The molecule has 124 valence electrons. The summed E-state index contributed by atoms with van der Waals surface area (Å²) in [5.74, 6) is 0. The van der Waals surface area contributed by atoms with Crippen LogP contribution in [0.25, 0.3) is 0 Å². The largest absolute Gasteiger partial charge is 0.392 e. The monoisotopic (exact) mass is 306 g/mol. The third-order valence-corrected chi connectivity index (χ3v) is 5.80. The van der Waals surface area contributed by atoms with Crippen LogP contribution in [-0.4, -0.2) is 64.0 Å². The van der Waals surface area contributed by atoms with E-state index >= 15 is 0 Å². The molecule has 2 aliphatic heterocycles. The van der Waals surface area contributed by atoms with E-state index in [2.05, 4.69) is 35.8 Å². The Morgan fingerprint density at radius 2 is 2.00 bits per heavy atom. The second kappa shape index (κ2) is 5.95. The predicted octanol–water partition coefficient (Wildman–Crippen LogP) is 1.32. The molecule has 1 spiro atoms. The molecule has 0 bridgehead atoms. The minimum Gasteiger partial charge on any atom is -0.392 e. The number of piperidine rings is 2. The smallest absolute Gasteiger partial charge is 0.0641 e. The second-order valence-corrected chi connectivity index (χ2v) is 7.49. The zero-order valence-electron chi connectivity index (χ0n) is 14.5. The Morgan fingerprint density at radius 3 is 2.68 bits per heavy atom. The van der Waals surface area contributed by atoms with Crippen molar-refractivity contribution >= 4 is 0 Å². The molecule has 5 heteroatoms. The van der Waals surface area contributed by atoms with Crippen molar-refractivity contribution in [2.24, 2.45) is 12.5 Å². The highest BCUT2D eigenvalue weighted by Gasteiger charge is 2.44. The third-order valence-electron chi connectivity index (χ3n) is 5.80. The van der Waals surface area contributed by atoms with Crippen molar-refractivity contribution in [3.05, 3.63) is 17.0 Å². The van der Waals surface area contributed by atoms with Crippen LogP contribution in [-0.2, 0) is 13.6 Å². The molecule has 2 atom stereocenters. The molecule has 22 heavy (non-hydrogen) atoms. The molecule has 0 aliphatic carbocycles. The predicted molar refractivity (Wildman–Crippen MR) is 87.7 cm³/mol. The van der Waals surface area contributed by atoms with Gasteiger partial charge in [0.1, 0.15) is 0 Å². The average Bonchev–Trinajstić information content (AvgIpc) is 2.70. The zero-order chi connectivity index (χ0) is 15.9. The second-order valence-electron chi connectivity index (χ2n) is 7.49. The standard InChI is InChI=1S/C17H30N4O/c1-13-15(14(2)20(4)18-13)10-21-8-5-7-17(12-21)11-19(3)9-6-16(17)22/h16,22H,5-12H2,1-4H3/t16-,17-/m0/s1. The normalized spacial score (nSPS) is 31.0. The van der Waals surface area contributed by atoms with Crippen molar-refractivity contribution in [3.8, 4) is 0 Å². The van der Waals surface area contributed by atoms with E-state index in [4.69, 9.17) is 0 Å². The number of rotatable bonds is 2. The molecule has 2 aliphatic rings. The van der Waals surface area contributed by atoms with Crippen LogP contribution >= 0.6 is 0 Å². The van der Waals surface area contributed by atoms with Gasteiger partial charge in [-0.1, -0.05) is 0 Å². The van der Waals surface area contributed by atoms with E-state index in [9.17, 15) is 5.11 Å². The Hall–Kier alpha value is -0.910. The van der Waals surface area contributed by atoms with Gasteiger partial charge in [-0.3, -0.25) is 9.58 Å². The molecule has 0 unspecified atom stereocenters. The molecule has 1 aromatic heterocycles. The first kappa shape index (κ1) is 16.0. The lowest BCUT2D eigenvalue weighted by molar-refractivity contribution is -0.0808. The number of nitrogens with zero attached hydrogens (tertiary/aromatic N) is 4. The van der Waals surface area contributed by atoms with Crippen LogP contribution in [0.1, 0.15) is 36.2 Å². The Morgan fingerprint density at radius 1 is 1.23 bits per heavy atom. The average molecular weight is 306 g/mol. The van der Waals surface area contributed by atoms with Gasteiger partial charge < -0.3 is 10.0 Å². The molecule has 3 heterocycles. The molecule has 0 amide bonds. The number of aliphatic hydroxyl groups is 1. The summed E-state index contributed by atoms with van der Waals surface area (Å²) in [5, 5.41) is 15.2. The van der Waals surface area contributed by atoms with Gasteiger partial charge in [0.2, 0.25) is 0 Å². The van der Waals surface area contributed by atoms with Crippen LogP contribution in [0.3, 0.4) is 0 Å². The summed E-state index contributed by atoms with van der Waals surface area (Å²) in [6.45, 7) is 9.39. The number of aromatic nitrogens is 2. The van der Waals surface area contributed by atoms with E-state index in [1.807, 2.05) is 11.7 Å². The SMILES string of the molecule is Cc1nn(C)c(C)c1CN1CCC[C@]2(CN(C)CC[C@@H]2O)C1. The summed E-state index contributed by atoms with van der Waals surface area (Å²) in [7, 11) is 4.20. The Kier molecular flexibility index (Phi) is 4.32. The molecule has 2 saturated heterocycles. The van der Waals surface area contributed by atoms with Crippen molar-refractivity contribution < 1.29 is 5.11 Å². The lowest BCUT2D eigenvalue weighted by Crippen LogP contribution is -2.58. The van der Waals surface area contributed by atoms with Crippen LogP contribution in [0, 0.1) is 19.3 Å². The Balaban J connectivity index is 1.75. The van der Waals surface area contributed by atoms with Gasteiger partial charge in [-0.15, -0.1) is 0 Å². The maximum Gasteiger partial charge on any atom is 0.0641 e. The van der Waals surface area contributed by atoms with Crippen molar-refractivity contribution in [2.45, 2.75) is 45.8 Å². The highest BCUT2D eigenvalue weighted by Crippen LogP contribution is 2.39. The number of hydrogen-bond acceptors (Lipinski definition) is 4. The molecule has 3 rings (SSSR count). The minimum atomic E-state index is -0.150. The first-order valence-electron chi connectivity index (χ1n) is 8.49. The lowest BCUT2D eigenvalue weighted by Gasteiger charge is -2.50. The molecular weight excluding hydrogens is 276 g/mol. The summed E-state index contributed by atoms with van der Waals surface area (Å²) in [5.41, 5.74) is 3.83. The van der Waals surface area contributed by atoms with Crippen LogP contribution in [0.2, 0.25) is 0 Å². The quantitative estimate of drug-likeness (QED) is 0.895. The van der Waals surface area contributed by atoms with Crippen LogP contribution in [0.15, 0.2) is 0 Å². The maximum atomic E-state index is 10.6. The fourth-order valence-electron chi connectivity index (χ4n) is 4.43. The fraction of sp³-hybridized carbons (Fsp3) is 0.824. The van der Waals surface area contributed by atoms with Gasteiger partial charge >= 0.3 is 0 Å². The molecule has 1 N–H and O–H groups in total. The van der Waals surface area contributed by atoms with E-state index in [0.717, 1.165) is 51.3 Å². The Bertz CT molecular complexity index is 541. The zero-order valence-corrected chi connectivity index (χ0v) is 14.5. The maximum absolute atomic E-state index is 10.6. The van der Waals surface area contributed by atoms with Gasteiger partial charge in [0.25, 0.3) is 0 Å². The van der Waals surface area contributed by atoms with Gasteiger partial charge in [0, 0.05) is 49.9 Å². The molecule has 2 fully saturated rings. The third kappa shape index (κ3) is 2.82. The van der Waals surface area contributed by atoms with Crippen molar-refractivity contribution in [1.82, 2.24) is 19.6 Å². The van der Waals surface area contributed by atoms with Crippen LogP contribution in [0.4, 0.5) is 0 Å². The number of hydrogen-bond donors (Lipinski definition) is 1. The number of aryl methyl sites for hydroxylation is 2. The van der Waals surface area contributed by atoms with E-state index in [1.165, 1.54) is 17.7 Å². The highest BCUT2D eigenvalue weighted by molar-refractivity contribution is 5.24.